The third-order valence-corrected chi connectivity index (χ3v) is 4.71. The van der Waals surface area contributed by atoms with Crippen molar-refractivity contribution in [2.24, 2.45) is 11.8 Å². The summed E-state index contributed by atoms with van der Waals surface area (Å²) in [6.45, 7) is 5.25. The Labute approximate surface area is 120 Å². The Balaban J connectivity index is 1.54. The van der Waals surface area contributed by atoms with Gasteiger partial charge >= 0.3 is 6.18 Å². The second kappa shape index (κ2) is 7.64. The molecule has 1 aliphatic heterocycles. The predicted octanol–water partition coefficient (Wildman–Crippen LogP) is 3.43. The summed E-state index contributed by atoms with van der Waals surface area (Å²) in [4.78, 5) is 2.47. The second-order valence-corrected chi connectivity index (χ2v) is 6.38. The van der Waals surface area contributed by atoms with Gasteiger partial charge < -0.3 is 10.2 Å². The lowest BCUT2D eigenvalue weighted by Gasteiger charge is -2.30. The smallest absolute Gasteiger partial charge is 0.316 e. The zero-order valence-electron chi connectivity index (χ0n) is 12.2. The summed E-state index contributed by atoms with van der Waals surface area (Å²) in [5.74, 6) is -0.852. The molecular formula is C15H27F3N2. The van der Waals surface area contributed by atoms with Crippen LogP contribution in [-0.4, -0.2) is 43.8 Å². The molecule has 2 rings (SSSR count). The van der Waals surface area contributed by atoms with Gasteiger partial charge in [-0.25, -0.2) is 0 Å². The van der Waals surface area contributed by atoms with Crippen molar-refractivity contribution in [1.29, 1.82) is 0 Å². The molecule has 1 N–H and O–H groups in total. The summed E-state index contributed by atoms with van der Waals surface area (Å²) >= 11 is 0. The van der Waals surface area contributed by atoms with E-state index >= 15 is 0 Å². The number of nitrogens with one attached hydrogen (secondary N) is 1. The largest absolute Gasteiger partial charge is 0.391 e. The number of halogens is 3. The van der Waals surface area contributed by atoms with Crippen LogP contribution >= 0.6 is 0 Å². The molecule has 1 saturated carbocycles. The maximum Gasteiger partial charge on any atom is 0.391 e. The normalized spacial score (nSPS) is 28.9. The van der Waals surface area contributed by atoms with Crippen molar-refractivity contribution >= 4 is 0 Å². The molecule has 2 aliphatic rings. The lowest BCUT2D eigenvalue weighted by molar-refractivity contribution is -0.185. The van der Waals surface area contributed by atoms with E-state index in [0.717, 1.165) is 38.9 Å². The first-order valence-electron chi connectivity index (χ1n) is 8.05. The van der Waals surface area contributed by atoms with Crippen molar-refractivity contribution in [3.63, 3.8) is 0 Å². The molecular weight excluding hydrogens is 265 g/mol. The highest BCUT2D eigenvalue weighted by molar-refractivity contribution is 4.79. The van der Waals surface area contributed by atoms with Crippen LogP contribution in [0.4, 0.5) is 13.2 Å². The van der Waals surface area contributed by atoms with Crippen molar-refractivity contribution < 1.29 is 13.2 Å². The van der Waals surface area contributed by atoms with Crippen molar-refractivity contribution in [3.05, 3.63) is 0 Å². The zero-order valence-corrected chi connectivity index (χ0v) is 12.2. The van der Waals surface area contributed by atoms with E-state index in [1.165, 1.54) is 25.9 Å². The molecule has 0 bridgehead atoms. The molecule has 2 atom stereocenters. The molecule has 0 spiro atoms. The van der Waals surface area contributed by atoms with Gasteiger partial charge in [0.25, 0.3) is 0 Å². The highest BCUT2D eigenvalue weighted by Gasteiger charge is 2.41. The average molecular weight is 292 g/mol. The number of alkyl halides is 3. The van der Waals surface area contributed by atoms with Gasteiger partial charge in [-0.1, -0.05) is 6.42 Å². The SMILES string of the molecule is FC(F)(F)C1CCCC(CNCCCN2CCCC2)C1. The van der Waals surface area contributed by atoms with Crippen molar-refractivity contribution in [2.45, 2.75) is 51.1 Å². The molecule has 1 saturated heterocycles. The van der Waals surface area contributed by atoms with Gasteiger partial charge in [0.05, 0.1) is 5.92 Å². The summed E-state index contributed by atoms with van der Waals surface area (Å²) in [7, 11) is 0. The Morgan fingerprint density at radius 2 is 1.80 bits per heavy atom. The van der Waals surface area contributed by atoms with E-state index in [-0.39, 0.29) is 5.92 Å². The van der Waals surface area contributed by atoms with Crippen LogP contribution in [0.15, 0.2) is 0 Å². The van der Waals surface area contributed by atoms with Crippen LogP contribution < -0.4 is 5.32 Å². The van der Waals surface area contributed by atoms with Crippen LogP contribution in [-0.2, 0) is 0 Å². The van der Waals surface area contributed by atoms with Crippen LogP contribution in [0.1, 0.15) is 44.9 Å². The first kappa shape index (κ1) is 16.1. The zero-order chi connectivity index (χ0) is 14.4. The highest BCUT2D eigenvalue weighted by atomic mass is 19.4. The van der Waals surface area contributed by atoms with Gasteiger partial charge in [-0.2, -0.15) is 13.2 Å². The number of likely N-dealkylation sites (tertiary alicyclic amines) is 1. The van der Waals surface area contributed by atoms with E-state index in [2.05, 4.69) is 10.2 Å². The summed E-state index contributed by atoms with van der Waals surface area (Å²) < 4.78 is 38.1. The molecule has 1 heterocycles. The van der Waals surface area contributed by atoms with Crippen LogP contribution in [0.5, 0.6) is 0 Å². The molecule has 2 fully saturated rings. The Hall–Kier alpha value is -0.290. The number of rotatable bonds is 6. The van der Waals surface area contributed by atoms with E-state index in [1.54, 1.807) is 0 Å². The first-order chi connectivity index (χ1) is 9.55. The minimum absolute atomic E-state index is 0.210. The van der Waals surface area contributed by atoms with E-state index in [4.69, 9.17) is 0 Å². The first-order valence-corrected chi connectivity index (χ1v) is 8.05. The Morgan fingerprint density at radius 3 is 2.50 bits per heavy atom. The molecule has 0 aromatic rings. The van der Waals surface area contributed by atoms with Gasteiger partial charge in [0.2, 0.25) is 0 Å². The molecule has 1 aliphatic carbocycles. The quantitative estimate of drug-likeness (QED) is 0.755. The third kappa shape index (κ3) is 5.24. The summed E-state index contributed by atoms with van der Waals surface area (Å²) in [6, 6.07) is 0. The van der Waals surface area contributed by atoms with Gasteiger partial charge in [0, 0.05) is 0 Å². The van der Waals surface area contributed by atoms with E-state index < -0.39 is 12.1 Å². The maximum absolute atomic E-state index is 12.7. The highest BCUT2D eigenvalue weighted by Crippen LogP contribution is 2.39. The monoisotopic (exact) mass is 292 g/mol. The fraction of sp³-hybridized carbons (Fsp3) is 1.00. The molecule has 0 aromatic carbocycles. The van der Waals surface area contributed by atoms with Crippen molar-refractivity contribution in [1.82, 2.24) is 10.2 Å². The summed E-state index contributed by atoms with van der Waals surface area (Å²) in [6.07, 6.45) is 2.07. The van der Waals surface area contributed by atoms with Gasteiger partial charge in [-0.3, -0.25) is 0 Å². The molecule has 118 valence electrons. The van der Waals surface area contributed by atoms with Gasteiger partial charge in [-0.05, 0) is 77.2 Å². The predicted molar refractivity (Wildman–Crippen MR) is 74.7 cm³/mol. The standard InChI is InChI=1S/C15H27F3N2/c16-15(17,18)14-6-3-5-13(11-14)12-19-7-4-10-20-8-1-2-9-20/h13-14,19H,1-12H2. The van der Waals surface area contributed by atoms with Crippen LogP contribution in [0.3, 0.4) is 0 Å². The number of nitrogens with zero attached hydrogens (tertiary/aromatic N) is 1. The van der Waals surface area contributed by atoms with Crippen molar-refractivity contribution in [3.8, 4) is 0 Å². The molecule has 0 amide bonds. The maximum atomic E-state index is 12.7. The van der Waals surface area contributed by atoms with Crippen LogP contribution in [0, 0.1) is 11.8 Å². The topological polar surface area (TPSA) is 15.3 Å². The van der Waals surface area contributed by atoms with E-state index in [9.17, 15) is 13.2 Å². The fourth-order valence-electron chi connectivity index (χ4n) is 3.51. The Kier molecular flexibility index (Phi) is 6.15. The molecule has 0 aromatic heterocycles. The van der Waals surface area contributed by atoms with Crippen LogP contribution in [0.25, 0.3) is 0 Å². The molecule has 5 heteroatoms. The third-order valence-electron chi connectivity index (χ3n) is 4.71. The second-order valence-electron chi connectivity index (χ2n) is 6.38. The molecule has 0 radical (unpaired) electrons. The lowest BCUT2D eigenvalue weighted by atomic mass is 9.81. The molecule has 2 unspecified atom stereocenters. The van der Waals surface area contributed by atoms with E-state index in [0.29, 0.717) is 12.8 Å². The number of hydrogen-bond donors (Lipinski definition) is 1. The van der Waals surface area contributed by atoms with Gasteiger partial charge in [-0.15, -0.1) is 0 Å². The van der Waals surface area contributed by atoms with Gasteiger partial charge in [0.1, 0.15) is 0 Å². The van der Waals surface area contributed by atoms with Crippen molar-refractivity contribution in [2.75, 3.05) is 32.7 Å². The molecule has 20 heavy (non-hydrogen) atoms. The minimum Gasteiger partial charge on any atom is -0.316 e. The summed E-state index contributed by atoms with van der Waals surface area (Å²) in [5.41, 5.74) is 0. The van der Waals surface area contributed by atoms with Crippen LogP contribution in [0.2, 0.25) is 0 Å². The Bertz CT molecular complexity index is 275. The van der Waals surface area contributed by atoms with Gasteiger partial charge in [0.15, 0.2) is 0 Å². The Morgan fingerprint density at radius 1 is 1.05 bits per heavy atom. The molecule has 2 nitrogen and oxygen atoms in total. The summed E-state index contributed by atoms with van der Waals surface area (Å²) in [5, 5.41) is 3.36. The average Bonchev–Trinajstić information content (AvgIpc) is 2.91. The van der Waals surface area contributed by atoms with E-state index in [1.807, 2.05) is 0 Å². The minimum atomic E-state index is -3.99. The lowest BCUT2D eigenvalue weighted by Crippen LogP contribution is -2.34. The number of hydrogen-bond acceptors (Lipinski definition) is 2. The fourth-order valence-corrected chi connectivity index (χ4v) is 3.51.